The minimum Gasteiger partial charge on any atom is -0.347 e. The molecule has 2 aromatic carbocycles. The smallest absolute Gasteiger partial charge is 0.243 e. The average molecular weight is 311 g/mol. The van der Waals surface area contributed by atoms with E-state index in [-0.39, 0.29) is 24.3 Å². The van der Waals surface area contributed by atoms with Gasteiger partial charge in [-0.1, -0.05) is 43.3 Å². The van der Waals surface area contributed by atoms with Gasteiger partial charge in [0, 0.05) is 17.0 Å². The van der Waals surface area contributed by atoms with Crippen LogP contribution in [0.2, 0.25) is 0 Å². The molecule has 1 atom stereocenters. The third-order valence-electron chi connectivity index (χ3n) is 4.42. The summed E-state index contributed by atoms with van der Waals surface area (Å²) in [5.74, 6) is 0.0240. The second-order valence-corrected chi connectivity index (χ2v) is 6.00. The molecule has 0 spiro atoms. The van der Waals surface area contributed by atoms with Crippen molar-refractivity contribution in [3.05, 3.63) is 42.5 Å². The van der Waals surface area contributed by atoms with Gasteiger partial charge in [0.15, 0.2) is 0 Å². The van der Waals surface area contributed by atoms with E-state index in [1.165, 1.54) is 0 Å². The number of rotatable bonds is 5. The van der Waals surface area contributed by atoms with Crippen molar-refractivity contribution >= 4 is 28.3 Å². The topological polar surface area (TPSA) is 70.2 Å². The van der Waals surface area contributed by atoms with Gasteiger partial charge >= 0.3 is 0 Å². The van der Waals surface area contributed by atoms with Gasteiger partial charge < -0.3 is 16.0 Å². The maximum Gasteiger partial charge on any atom is 0.243 e. The van der Waals surface area contributed by atoms with Crippen LogP contribution in [0, 0.1) is 11.8 Å². The fraction of sp³-hybridized carbons (Fsp3) is 0.333. The molecule has 5 nitrogen and oxygen atoms in total. The van der Waals surface area contributed by atoms with Crippen LogP contribution in [0.1, 0.15) is 6.92 Å². The summed E-state index contributed by atoms with van der Waals surface area (Å²) in [7, 11) is 0. The Morgan fingerprint density at radius 3 is 2.65 bits per heavy atom. The van der Waals surface area contributed by atoms with Gasteiger partial charge in [0.05, 0.1) is 6.54 Å². The van der Waals surface area contributed by atoms with Crippen LogP contribution in [0.3, 0.4) is 0 Å². The Morgan fingerprint density at radius 1 is 1.17 bits per heavy atom. The number of carbonyl (C=O) groups is 2. The van der Waals surface area contributed by atoms with Gasteiger partial charge in [0.25, 0.3) is 0 Å². The summed E-state index contributed by atoms with van der Waals surface area (Å²) in [6.45, 7) is 3.64. The normalized spacial score (nSPS) is 15.7. The van der Waals surface area contributed by atoms with E-state index in [0.29, 0.717) is 5.92 Å². The molecule has 1 saturated heterocycles. The third kappa shape index (κ3) is 3.51. The molecule has 1 fully saturated rings. The van der Waals surface area contributed by atoms with Crippen LogP contribution in [0.4, 0.5) is 5.69 Å². The molecule has 1 aliphatic heterocycles. The van der Waals surface area contributed by atoms with Crippen LogP contribution >= 0.6 is 0 Å². The Kier molecular flexibility index (Phi) is 4.57. The summed E-state index contributed by atoms with van der Waals surface area (Å²) in [5.41, 5.74) is 0.763. The van der Waals surface area contributed by atoms with Crippen molar-refractivity contribution in [2.75, 3.05) is 25.0 Å². The Balaban J connectivity index is 1.57. The largest absolute Gasteiger partial charge is 0.347 e. The molecule has 0 bridgehead atoms. The maximum absolute atomic E-state index is 12.1. The summed E-state index contributed by atoms with van der Waals surface area (Å²) in [6.07, 6.45) is 0. The monoisotopic (exact) mass is 311 g/mol. The Hall–Kier alpha value is -2.40. The van der Waals surface area contributed by atoms with Gasteiger partial charge in [-0.2, -0.15) is 0 Å². The number of amides is 2. The zero-order valence-corrected chi connectivity index (χ0v) is 13.1. The van der Waals surface area contributed by atoms with Gasteiger partial charge in [-0.15, -0.1) is 0 Å². The van der Waals surface area contributed by atoms with Gasteiger partial charge in [0.2, 0.25) is 11.8 Å². The van der Waals surface area contributed by atoms with E-state index in [0.717, 1.165) is 29.5 Å². The number of anilines is 1. The summed E-state index contributed by atoms with van der Waals surface area (Å²) < 4.78 is 0. The lowest BCUT2D eigenvalue weighted by atomic mass is 9.88. The van der Waals surface area contributed by atoms with Gasteiger partial charge in [-0.3, -0.25) is 9.59 Å². The highest BCUT2D eigenvalue weighted by Crippen LogP contribution is 2.22. The number of carbonyl (C=O) groups excluding carboxylic acids is 2. The number of hydrogen-bond acceptors (Lipinski definition) is 3. The predicted molar refractivity (Wildman–Crippen MR) is 91.1 cm³/mol. The predicted octanol–water partition coefficient (Wildman–Crippen LogP) is 1.75. The molecule has 0 aliphatic carbocycles. The number of nitrogens with one attached hydrogen (secondary N) is 3. The molecule has 23 heavy (non-hydrogen) atoms. The van der Waals surface area contributed by atoms with Crippen molar-refractivity contribution in [3.8, 4) is 0 Å². The van der Waals surface area contributed by atoms with Crippen LogP contribution in [0.5, 0.6) is 0 Å². The second kappa shape index (κ2) is 6.79. The average Bonchev–Trinajstić information content (AvgIpc) is 2.51. The first-order valence-electron chi connectivity index (χ1n) is 7.91. The maximum atomic E-state index is 12.1. The SMILES string of the molecule is CC(C(=O)NCC(=O)Nc1cccc2ccccc12)C1CNC1. The quantitative estimate of drug-likeness (QED) is 0.788. The number of hydrogen-bond donors (Lipinski definition) is 3. The van der Waals surface area contributed by atoms with E-state index in [4.69, 9.17) is 0 Å². The molecule has 2 amide bonds. The van der Waals surface area contributed by atoms with Crippen molar-refractivity contribution in [2.45, 2.75) is 6.92 Å². The van der Waals surface area contributed by atoms with Gasteiger partial charge in [0.1, 0.15) is 0 Å². The fourth-order valence-electron chi connectivity index (χ4n) is 2.74. The van der Waals surface area contributed by atoms with Crippen LogP contribution < -0.4 is 16.0 Å². The lowest BCUT2D eigenvalue weighted by Gasteiger charge is -2.31. The van der Waals surface area contributed by atoms with E-state index in [1.807, 2.05) is 49.4 Å². The van der Waals surface area contributed by atoms with E-state index in [1.54, 1.807) is 0 Å². The molecule has 1 unspecified atom stereocenters. The Labute approximate surface area is 135 Å². The summed E-state index contributed by atoms with van der Waals surface area (Å²) in [6, 6.07) is 13.6. The van der Waals surface area contributed by atoms with Crippen molar-refractivity contribution in [1.82, 2.24) is 10.6 Å². The number of fused-ring (bicyclic) bond motifs is 1. The van der Waals surface area contributed by atoms with Gasteiger partial charge in [-0.25, -0.2) is 0 Å². The molecule has 0 radical (unpaired) electrons. The third-order valence-corrected chi connectivity index (χ3v) is 4.42. The first-order valence-corrected chi connectivity index (χ1v) is 7.91. The lowest BCUT2D eigenvalue weighted by Crippen LogP contribution is -2.50. The first kappa shape index (κ1) is 15.5. The zero-order chi connectivity index (χ0) is 16.2. The first-order chi connectivity index (χ1) is 11.1. The minimum absolute atomic E-state index is 0.00740. The lowest BCUT2D eigenvalue weighted by molar-refractivity contribution is -0.128. The van der Waals surface area contributed by atoms with Crippen molar-refractivity contribution < 1.29 is 9.59 Å². The Morgan fingerprint density at radius 2 is 1.91 bits per heavy atom. The Bertz CT molecular complexity index is 720. The standard InChI is InChI=1S/C18H21N3O2/c1-12(14-9-19-10-14)18(23)20-11-17(22)21-16-8-4-6-13-5-2-3-7-15(13)16/h2-8,12,14,19H,9-11H2,1H3,(H,20,23)(H,21,22). The van der Waals surface area contributed by atoms with Crippen molar-refractivity contribution in [2.24, 2.45) is 11.8 Å². The highest BCUT2D eigenvalue weighted by molar-refractivity contribution is 6.03. The zero-order valence-electron chi connectivity index (χ0n) is 13.1. The molecule has 0 aromatic heterocycles. The van der Waals surface area contributed by atoms with Crippen LogP contribution in [-0.2, 0) is 9.59 Å². The van der Waals surface area contributed by atoms with E-state index >= 15 is 0 Å². The van der Waals surface area contributed by atoms with Crippen molar-refractivity contribution in [1.29, 1.82) is 0 Å². The van der Waals surface area contributed by atoms with Gasteiger partial charge in [-0.05, 0) is 30.5 Å². The molecule has 0 saturated carbocycles. The fourth-order valence-corrected chi connectivity index (χ4v) is 2.74. The molecule has 1 heterocycles. The summed E-state index contributed by atoms with van der Waals surface area (Å²) in [5, 5.41) is 10.8. The van der Waals surface area contributed by atoms with E-state index in [9.17, 15) is 9.59 Å². The molecule has 120 valence electrons. The molecule has 5 heteroatoms. The second-order valence-electron chi connectivity index (χ2n) is 6.00. The van der Waals surface area contributed by atoms with E-state index in [2.05, 4.69) is 16.0 Å². The van der Waals surface area contributed by atoms with Crippen LogP contribution in [0.25, 0.3) is 10.8 Å². The number of benzene rings is 2. The van der Waals surface area contributed by atoms with Crippen LogP contribution in [0.15, 0.2) is 42.5 Å². The minimum atomic E-state index is -0.214. The molecular formula is C18H21N3O2. The van der Waals surface area contributed by atoms with Crippen LogP contribution in [-0.4, -0.2) is 31.4 Å². The molecule has 1 aliphatic rings. The molecule has 3 rings (SSSR count). The highest BCUT2D eigenvalue weighted by Gasteiger charge is 2.28. The summed E-state index contributed by atoms with van der Waals surface area (Å²) >= 11 is 0. The summed E-state index contributed by atoms with van der Waals surface area (Å²) in [4.78, 5) is 24.1. The molecule has 3 N–H and O–H groups in total. The molecule has 2 aromatic rings. The highest BCUT2D eigenvalue weighted by atomic mass is 16.2. The van der Waals surface area contributed by atoms with E-state index < -0.39 is 0 Å². The van der Waals surface area contributed by atoms with Crippen molar-refractivity contribution in [3.63, 3.8) is 0 Å². The molecular weight excluding hydrogens is 290 g/mol.